The monoisotopic (exact) mass is 230 g/mol. The summed E-state index contributed by atoms with van der Waals surface area (Å²) in [6.07, 6.45) is 0. The lowest BCUT2D eigenvalue weighted by molar-refractivity contribution is 1.47. The predicted octanol–water partition coefficient (Wildman–Crippen LogP) is 4.82. The van der Waals surface area contributed by atoms with Crippen LogP contribution in [0.5, 0.6) is 0 Å². The van der Waals surface area contributed by atoms with Crippen LogP contribution in [0.3, 0.4) is 0 Å². The smallest absolute Gasteiger partial charge is 0.0770 e. The molecular weight excluding hydrogens is 223 g/mol. The van der Waals surface area contributed by atoms with Gasteiger partial charge in [0.05, 0.1) is 14.7 Å². The molecule has 0 spiro atoms. The molecule has 0 amide bonds. The molecule has 1 aromatic carbocycles. The van der Waals surface area contributed by atoms with Crippen molar-refractivity contribution in [2.45, 2.75) is 13.8 Å². The molecule has 2 aromatic rings. The van der Waals surface area contributed by atoms with Crippen LogP contribution in [-0.2, 0) is 0 Å². The van der Waals surface area contributed by atoms with Crippen LogP contribution in [0.15, 0.2) is 12.1 Å². The van der Waals surface area contributed by atoms with E-state index in [9.17, 15) is 0 Å². The molecule has 13 heavy (non-hydrogen) atoms. The van der Waals surface area contributed by atoms with Crippen LogP contribution in [0.25, 0.3) is 10.1 Å². The molecule has 0 atom stereocenters. The Kier molecular flexibility index (Phi) is 2.26. The van der Waals surface area contributed by atoms with Gasteiger partial charge in [0.2, 0.25) is 0 Å². The van der Waals surface area contributed by atoms with Gasteiger partial charge in [-0.2, -0.15) is 0 Å². The first-order valence-electron chi connectivity index (χ1n) is 3.95. The number of fused-ring (bicyclic) bond motifs is 1. The Morgan fingerprint density at radius 3 is 2.54 bits per heavy atom. The summed E-state index contributed by atoms with van der Waals surface area (Å²) < 4.78 is 1.10. The summed E-state index contributed by atoms with van der Waals surface area (Å²) in [5.41, 5.74) is 1.30. The normalized spacial score (nSPS) is 11.1. The van der Waals surface area contributed by atoms with Crippen molar-refractivity contribution >= 4 is 44.6 Å². The lowest BCUT2D eigenvalue weighted by Crippen LogP contribution is -1.72. The van der Waals surface area contributed by atoms with E-state index in [1.54, 1.807) is 11.3 Å². The van der Waals surface area contributed by atoms with Crippen molar-refractivity contribution in [1.29, 1.82) is 0 Å². The van der Waals surface area contributed by atoms with Crippen molar-refractivity contribution in [3.8, 4) is 0 Å². The minimum Gasteiger partial charge on any atom is -0.139 e. The molecule has 0 N–H and O–H groups in total. The van der Waals surface area contributed by atoms with Crippen molar-refractivity contribution in [1.82, 2.24) is 0 Å². The van der Waals surface area contributed by atoms with Gasteiger partial charge in [-0.3, -0.25) is 0 Å². The fourth-order valence-electron chi connectivity index (χ4n) is 1.35. The molecule has 1 aromatic heterocycles. The van der Waals surface area contributed by atoms with Gasteiger partial charge in [-0.25, -0.2) is 0 Å². The van der Waals surface area contributed by atoms with Crippen molar-refractivity contribution in [3.05, 3.63) is 32.6 Å². The van der Waals surface area contributed by atoms with Crippen LogP contribution in [0, 0.1) is 13.8 Å². The lowest BCUT2D eigenvalue weighted by Gasteiger charge is -1.96. The number of rotatable bonds is 0. The molecule has 3 heteroatoms. The molecule has 1 heterocycles. The third-order valence-corrected chi connectivity index (χ3v) is 4.39. The van der Waals surface area contributed by atoms with Gasteiger partial charge >= 0.3 is 0 Å². The predicted molar refractivity (Wildman–Crippen MR) is 61.3 cm³/mol. The van der Waals surface area contributed by atoms with Gasteiger partial charge in [-0.1, -0.05) is 29.3 Å². The second-order valence-corrected chi connectivity index (χ2v) is 5.03. The molecule has 0 bridgehead atoms. The van der Waals surface area contributed by atoms with Crippen molar-refractivity contribution in [2.24, 2.45) is 0 Å². The first kappa shape index (κ1) is 9.32. The molecule has 0 nitrogen and oxygen atoms in total. The summed E-state index contributed by atoms with van der Waals surface area (Å²) in [6.45, 7) is 4.21. The summed E-state index contributed by atoms with van der Waals surface area (Å²) in [7, 11) is 0. The van der Waals surface area contributed by atoms with Gasteiger partial charge in [-0.15, -0.1) is 11.3 Å². The topological polar surface area (TPSA) is 0 Å². The average Bonchev–Trinajstić information content (AvgIpc) is 2.38. The third-order valence-electron chi connectivity index (χ3n) is 2.24. The number of hydrogen-bond acceptors (Lipinski definition) is 1. The first-order valence-corrected chi connectivity index (χ1v) is 5.52. The van der Waals surface area contributed by atoms with Crippen molar-refractivity contribution in [3.63, 3.8) is 0 Å². The summed E-state index contributed by atoms with van der Waals surface area (Å²) in [5.74, 6) is 0. The maximum absolute atomic E-state index is 6.09. The van der Waals surface area contributed by atoms with Crippen molar-refractivity contribution in [2.75, 3.05) is 0 Å². The maximum Gasteiger partial charge on any atom is 0.0770 e. The van der Waals surface area contributed by atoms with Crippen molar-refractivity contribution < 1.29 is 0 Å². The molecule has 2 rings (SSSR count). The molecule has 0 radical (unpaired) electrons. The SMILES string of the molecule is Cc1sc2c(Cl)c(Cl)ccc2c1C. The fourth-order valence-corrected chi connectivity index (χ4v) is 2.94. The van der Waals surface area contributed by atoms with E-state index in [4.69, 9.17) is 23.2 Å². The molecule has 0 fully saturated rings. The molecule has 0 aliphatic heterocycles. The summed E-state index contributed by atoms with van der Waals surface area (Å²) >= 11 is 13.7. The molecule has 0 aliphatic carbocycles. The largest absolute Gasteiger partial charge is 0.139 e. The van der Waals surface area contributed by atoms with E-state index < -0.39 is 0 Å². The summed E-state index contributed by atoms with van der Waals surface area (Å²) in [5, 5.41) is 2.53. The minimum atomic E-state index is 0.635. The highest BCUT2D eigenvalue weighted by molar-refractivity contribution is 7.20. The second kappa shape index (κ2) is 3.16. The Hall–Kier alpha value is -0.240. The Labute approximate surface area is 91.1 Å². The van der Waals surface area contributed by atoms with E-state index in [0.717, 1.165) is 4.70 Å². The average molecular weight is 231 g/mol. The molecule has 0 aliphatic rings. The standard InChI is InChI=1S/C10H8Cl2S/c1-5-6(2)13-10-7(5)3-4-8(11)9(10)12/h3-4H,1-2H3. The lowest BCUT2D eigenvalue weighted by atomic mass is 10.1. The molecule has 0 saturated carbocycles. The highest BCUT2D eigenvalue weighted by Crippen LogP contribution is 2.38. The number of aryl methyl sites for hydroxylation is 2. The van der Waals surface area contributed by atoms with E-state index in [2.05, 4.69) is 13.8 Å². The summed E-state index contributed by atoms with van der Waals surface area (Å²) in [4.78, 5) is 1.30. The van der Waals surface area contributed by atoms with Crippen LogP contribution in [0.1, 0.15) is 10.4 Å². The van der Waals surface area contributed by atoms with Gasteiger partial charge in [-0.05, 0) is 30.9 Å². The maximum atomic E-state index is 6.09. The van der Waals surface area contributed by atoms with Crippen LogP contribution >= 0.6 is 34.5 Å². The molecule has 0 unspecified atom stereocenters. The van der Waals surface area contributed by atoms with Gasteiger partial charge in [0.25, 0.3) is 0 Å². The zero-order valence-electron chi connectivity index (χ0n) is 7.32. The molecule has 0 saturated heterocycles. The molecular formula is C10H8Cl2S. The highest BCUT2D eigenvalue weighted by atomic mass is 35.5. The Balaban J connectivity index is 2.94. The highest BCUT2D eigenvalue weighted by Gasteiger charge is 2.09. The van der Waals surface area contributed by atoms with E-state index in [1.807, 2.05) is 12.1 Å². The van der Waals surface area contributed by atoms with Gasteiger partial charge in [0.15, 0.2) is 0 Å². The quantitative estimate of drug-likeness (QED) is 0.609. The number of halogens is 2. The molecule has 68 valence electrons. The van der Waals surface area contributed by atoms with E-state index in [0.29, 0.717) is 10.0 Å². The number of thiophene rings is 1. The third kappa shape index (κ3) is 1.35. The van der Waals surface area contributed by atoms with Crippen LogP contribution in [-0.4, -0.2) is 0 Å². The zero-order valence-corrected chi connectivity index (χ0v) is 9.65. The van der Waals surface area contributed by atoms with E-state index in [1.165, 1.54) is 15.8 Å². The zero-order chi connectivity index (χ0) is 9.59. The first-order chi connectivity index (χ1) is 6.11. The van der Waals surface area contributed by atoms with Gasteiger partial charge in [0, 0.05) is 4.88 Å². The minimum absolute atomic E-state index is 0.635. The van der Waals surface area contributed by atoms with E-state index in [-0.39, 0.29) is 0 Å². The summed E-state index contributed by atoms with van der Waals surface area (Å²) in [6, 6.07) is 3.88. The van der Waals surface area contributed by atoms with E-state index >= 15 is 0 Å². The Morgan fingerprint density at radius 2 is 1.85 bits per heavy atom. The van der Waals surface area contributed by atoms with Crippen LogP contribution in [0.2, 0.25) is 10.0 Å². The Bertz CT molecular complexity index is 471. The van der Waals surface area contributed by atoms with Crippen LogP contribution in [0.4, 0.5) is 0 Å². The fraction of sp³-hybridized carbons (Fsp3) is 0.200. The Morgan fingerprint density at radius 1 is 1.15 bits per heavy atom. The van der Waals surface area contributed by atoms with Crippen LogP contribution < -0.4 is 0 Å². The number of benzene rings is 1. The number of hydrogen-bond donors (Lipinski definition) is 0. The van der Waals surface area contributed by atoms with Gasteiger partial charge < -0.3 is 0 Å². The second-order valence-electron chi connectivity index (χ2n) is 3.02. The van der Waals surface area contributed by atoms with Gasteiger partial charge in [0.1, 0.15) is 0 Å².